The lowest BCUT2D eigenvalue weighted by Gasteiger charge is -2.11. The fourth-order valence-electron chi connectivity index (χ4n) is 0.974. The molecule has 0 aliphatic heterocycles. The van der Waals surface area contributed by atoms with Gasteiger partial charge in [0.2, 0.25) is 0 Å². The van der Waals surface area contributed by atoms with Crippen molar-refractivity contribution in [2.75, 3.05) is 19.3 Å². The lowest BCUT2D eigenvalue weighted by atomic mass is 10.6. The summed E-state index contributed by atoms with van der Waals surface area (Å²) >= 11 is 3.98. The lowest BCUT2D eigenvalue weighted by molar-refractivity contribution is 0.592. The fourth-order valence-corrected chi connectivity index (χ4v) is 2.04. The molecule has 1 aromatic heterocycles. The zero-order valence-corrected chi connectivity index (χ0v) is 10.1. The van der Waals surface area contributed by atoms with Crippen LogP contribution in [0.2, 0.25) is 0 Å². The Morgan fingerprint density at radius 1 is 1.73 bits per heavy atom. The molecule has 1 unspecified atom stereocenters. The van der Waals surface area contributed by atoms with Crippen LogP contribution in [0.1, 0.15) is 5.69 Å². The maximum Gasteiger partial charge on any atom is 0.166 e. The van der Waals surface area contributed by atoms with E-state index in [2.05, 4.69) is 20.6 Å². The number of hydrogen-bond acceptors (Lipinski definition) is 3. The fraction of sp³-hybridized carbons (Fsp3) is 0.500. The summed E-state index contributed by atoms with van der Waals surface area (Å²) in [5, 5.41) is 6.31. The van der Waals surface area contributed by atoms with E-state index in [0.717, 1.165) is 5.69 Å². The van der Waals surface area contributed by atoms with E-state index in [1.165, 1.54) is 0 Å². The van der Waals surface area contributed by atoms with Gasteiger partial charge in [-0.25, -0.2) is 4.98 Å². The van der Waals surface area contributed by atoms with Gasteiger partial charge in [0, 0.05) is 13.2 Å². The second-order valence-corrected chi connectivity index (χ2v) is 4.84. The predicted octanol–water partition coefficient (Wildman–Crippen LogP) is -0.248. The lowest BCUT2D eigenvalue weighted by Crippen LogP contribution is -2.35. The molecule has 1 aromatic rings. The molecule has 5 nitrogen and oxygen atoms in total. The molecule has 15 heavy (non-hydrogen) atoms. The number of aromatic nitrogens is 2. The van der Waals surface area contributed by atoms with Crippen molar-refractivity contribution in [3.05, 3.63) is 18.2 Å². The molecule has 0 saturated heterocycles. The SMILES string of the molecule is CNC(=S)NCC[S+]([O-])Cc1c[nH]cn1. The van der Waals surface area contributed by atoms with Crippen molar-refractivity contribution in [1.29, 1.82) is 0 Å². The summed E-state index contributed by atoms with van der Waals surface area (Å²) < 4.78 is 11.5. The number of rotatable bonds is 5. The van der Waals surface area contributed by atoms with Crippen LogP contribution >= 0.6 is 12.2 Å². The van der Waals surface area contributed by atoms with E-state index >= 15 is 0 Å². The molecule has 1 heterocycles. The molecule has 0 bridgehead atoms. The first-order chi connectivity index (χ1) is 7.22. The number of hydrogen-bond donors (Lipinski definition) is 3. The number of thiocarbonyl (C=S) groups is 1. The molecular weight excluding hydrogens is 232 g/mol. The Morgan fingerprint density at radius 2 is 2.53 bits per heavy atom. The smallest absolute Gasteiger partial charge is 0.166 e. The van der Waals surface area contributed by atoms with Crippen LogP contribution in [-0.4, -0.2) is 39.0 Å². The van der Waals surface area contributed by atoms with Gasteiger partial charge in [0.05, 0.1) is 12.9 Å². The largest absolute Gasteiger partial charge is 0.616 e. The Morgan fingerprint density at radius 3 is 3.13 bits per heavy atom. The topological polar surface area (TPSA) is 75.8 Å². The van der Waals surface area contributed by atoms with Gasteiger partial charge in [0.1, 0.15) is 17.2 Å². The highest BCUT2D eigenvalue weighted by Gasteiger charge is 2.08. The van der Waals surface area contributed by atoms with Gasteiger partial charge in [0.25, 0.3) is 0 Å². The van der Waals surface area contributed by atoms with Gasteiger partial charge in [0.15, 0.2) is 5.11 Å². The van der Waals surface area contributed by atoms with Crippen LogP contribution in [0.5, 0.6) is 0 Å². The molecule has 0 aliphatic rings. The van der Waals surface area contributed by atoms with E-state index in [0.29, 0.717) is 23.2 Å². The minimum atomic E-state index is -0.900. The van der Waals surface area contributed by atoms with E-state index in [9.17, 15) is 4.55 Å². The van der Waals surface area contributed by atoms with E-state index in [4.69, 9.17) is 12.2 Å². The van der Waals surface area contributed by atoms with Crippen molar-refractivity contribution in [2.24, 2.45) is 0 Å². The minimum absolute atomic E-state index is 0.484. The van der Waals surface area contributed by atoms with Gasteiger partial charge < -0.3 is 20.2 Å². The van der Waals surface area contributed by atoms with E-state index in [1.807, 2.05) is 0 Å². The molecule has 0 fully saturated rings. The van der Waals surface area contributed by atoms with Crippen molar-refractivity contribution in [1.82, 2.24) is 20.6 Å². The first-order valence-corrected chi connectivity index (χ1v) is 6.40. The summed E-state index contributed by atoms with van der Waals surface area (Å²) in [5.74, 6) is 1.05. The third kappa shape index (κ3) is 5.01. The van der Waals surface area contributed by atoms with Crippen LogP contribution in [0.15, 0.2) is 12.5 Å². The van der Waals surface area contributed by atoms with Crippen molar-refractivity contribution < 1.29 is 4.55 Å². The zero-order chi connectivity index (χ0) is 11.1. The highest BCUT2D eigenvalue weighted by molar-refractivity contribution is 7.90. The highest BCUT2D eigenvalue weighted by atomic mass is 32.2. The Labute approximate surface area is 97.2 Å². The highest BCUT2D eigenvalue weighted by Crippen LogP contribution is 2.01. The predicted molar refractivity (Wildman–Crippen MR) is 65.0 cm³/mol. The molecular formula is C8H14N4OS2. The number of imidazole rings is 1. The van der Waals surface area contributed by atoms with Crippen LogP contribution in [-0.2, 0) is 16.9 Å². The van der Waals surface area contributed by atoms with Crippen LogP contribution in [0.4, 0.5) is 0 Å². The van der Waals surface area contributed by atoms with Crippen molar-refractivity contribution in [3.63, 3.8) is 0 Å². The van der Waals surface area contributed by atoms with E-state index in [-0.39, 0.29) is 0 Å². The molecule has 7 heteroatoms. The number of aromatic amines is 1. The van der Waals surface area contributed by atoms with Crippen molar-refractivity contribution >= 4 is 28.5 Å². The molecule has 1 rings (SSSR count). The Kier molecular flexibility index (Phi) is 5.44. The molecule has 0 aromatic carbocycles. The zero-order valence-electron chi connectivity index (χ0n) is 8.45. The summed E-state index contributed by atoms with van der Waals surface area (Å²) in [5.41, 5.74) is 0.824. The van der Waals surface area contributed by atoms with Crippen molar-refractivity contribution in [3.8, 4) is 0 Å². The minimum Gasteiger partial charge on any atom is -0.616 e. The first kappa shape index (κ1) is 12.3. The van der Waals surface area contributed by atoms with Crippen LogP contribution in [0, 0.1) is 0 Å². The summed E-state index contributed by atoms with van der Waals surface area (Å²) in [6.07, 6.45) is 3.34. The average molecular weight is 246 g/mol. The van der Waals surface area contributed by atoms with Gasteiger partial charge in [-0.15, -0.1) is 0 Å². The Balaban J connectivity index is 2.14. The summed E-state index contributed by atoms with van der Waals surface area (Å²) in [4.78, 5) is 6.84. The van der Waals surface area contributed by atoms with Crippen LogP contribution in [0.25, 0.3) is 0 Å². The summed E-state index contributed by atoms with van der Waals surface area (Å²) in [6, 6.07) is 0. The van der Waals surface area contributed by atoms with E-state index in [1.54, 1.807) is 19.6 Å². The maximum absolute atomic E-state index is 11.5. The molecule has 0 aliphatic carbocycles. The van der Waals surface area contributed by atoms with Gasteiger partial charge in [-0.2, -0.15) is 0 Å². The van der Waals surface area contributed by atoms with Gasteiger partial charge in [-0.3, -0.25) is 0 Å². The van der Waals surface area contributed by atoms with Crippen molar-refractivity contribution in [2.45, 2.75) is 5.75 Å². The van der Waals surface area contributed by atoms with Crippen LogP contribution < -0.4 is 10.6 Å². The normalized spacial score (nSPS) is 12.1. The molecule has 0 amide bonds. The number of nitrogens with one attached hydrogen (secondary N) is 3. The molecule has 3 N–H and O–H groups in total. The number of nitrogens with zero attached hydrogens (tertiary/aromatic N) is 1. The second kappa shape index (κ2) is 6.65. The Hall–Kier alpha value is -0.790. The Bertz CT molecular complexity index is 291. The monoisotopic (exact) mass is 246 g/mol. The standard InChI is InChI=1S/C8H14N4OS2/c1-9-8(14)11-2-3-15(13)5-7-4-10-6-12-7/h4,6H,2-3,5H2,1H3,(H,10,12)(H2,9,11,14). The number of H-pyrrole nitrogens is 1. The van der Waals surface area contributed by atoms with Gasteiger partial charge in [-0.1, -0.05) is 0 Å². The maximum atomic E-state index is 11.5. The van der Waals surface area contributed by atoms with Gasteiger partial charge in [-0.05, 0) is 23.4 Å². The molecule has 0 spiro atoms. The van der Waals surface area contributed by atoms with Crippen LogP contribution in [0.3, 0.4) is 0 Å². The molecule has 0 saturated carbocycles. The van der Waals surface area contributed by atoms with E-state index < -0.39 is 11.2 Å². The molecule has 1 atom stereocenters. The molecule has 0 radical (unpaired) electrons. The molecule has 84 valence electrons. The summed E-state index contributed by atoms with van der Waals surface area (Å²) in [7, 11) is 1.75. The first-order valence-electron chi connectivity index (χ1n) is 4.50. The second-order valence-electron chi connectivity index (χ2n) is 2.85. The third-order valence-corrected chi connectivity index (χ3v) is 3.33. The average Bonchev–Trinajstić information content (AvgIpc) is 2.70. The summed E-state index contributed by atoms with van der Waals surface area (Å²) in [6.45, 7) is 0.608. The quantitative estimate of drug-likeness (QED) is 0.493. The third-order valence-electron chi connectivity index (χ3n) is 1.71. The van der Waals surface area contributed by atoms with Gasteiger partial charge >= 0.3 is 0 Å².